The Morgan fingerprint density at radius 2 is 1.76 bits per heavy atom. The summed E-state index contributed by atoms with van der Waals surface area (Å²) in [6.45, 7) is 1.30. The van der Waals surface area contributed by atoms with Gasteiger partial charge < -0.3 is 15.5 Å². The molecular weight excluding hydrogens is 462 g/mol. The molecule has 0 saturated carbocycles. The predicted molar refractivity (Wildman–Crippen MR) is 126 cm³/mol. The van der Waals surface area contributed by atoms with Gasteiger partial charge in [0.25, 0.3) is 11.8 Å². The molecule has 1 aliphatic heterocycles. The van der Waals surface area contributed by atoms with Gasteiger partial charge in [-0.25, -0.2) is 0 Å². The molecule has 1 aliphatic rings. The fraction of sp³-hybridized carbons (Fsp3) is 0.261. The number of rotatable bonds is 6. The van der Waals surface area contributed by atoms with Crippen LogP contribution in [0.1, 0.15) is 38.0 Å². The Kier molecular flexibility index (Phi) is 7.31. The molecule has 0 radical (unpaired) electrons. The average molecular weight is 484 g/mol. The highest BCUT2D eigenvalue weighted by molar-refractivity contribution is 7.15. The van der Waals surface area contributed by atoms with Gasteiger partial charge in [-0.05, 0) is 42.7 Å². The zero-order valence-electron chi connectivity index (χ0n) is 17.7. The third-order valence-corrected chi connectivity index (χ3v) is 6.46. The smallest absolute Gasteiger partial charge is 0.286 e. The minimum atomic E-state index is -0.453. The number of anilines is 1. The van der Waals surface area contributed by atoms with Crippen LogP contribution in [-0.4, -0.2) is 45.9 Å². The molecule has 1 fully saturated rings. The lowest BCUT2D eigenvalue weighted by molar-refractivity contribution is -0.126. The molecule has 0 spiro atoms. The fourth-order valence-electron chi connectivity index (χ4n) is 3.56. The first-order valence-corrected chi connectivity index (χ1v) is 11.7. The quantitative estimate of drug-likeness (QED) is 0.557. The summed E-state index contributed by atoms with van der Waals surface area (Å²) in [5.74, 6) is -1.13. The molecule has 1 atom stereocenters. The summed E-state index contributed by atoms with van der Waals surface area (Å²) >= 11 is 6.78. The Bertz CT molecular complexity index is 1140. The number of aromatic nitrogens is 2. The summed E-state index contributed by atoms with van der Waals surface area (Å²) in [6.07, 6.45) is 1.44. The zero-order valence-corrected chi connectivity index (χ0v) is 19.2. The third-order valence-electron chi connectivity index (χ3n) is 5.29. The Hall–Kier alpha value is -3.30. The number of piperidine rings is 1. The van der Waals surface area contributed by atoms with Gasteiger partial charge in [0.05, 0.1) is 5.92 Å². The highest BCUT2D eigenvalue weighted by atomic mass is 35.5. The lowest BCUT2D eigenvalue weighted by Gasteiger charge is -2.31. The van der Waals surface area contributed by atoms with Crippen molar-refractivity contribution in [3.05, 3.63) is 75.2 Å². The van der Waals surface area contributed by atoms with Crippen molar-refractivity contribution in [2.75, 3.05) is 18.4 Å². The maximum absolute atomic E-state index is 12.9. The molecule has 3 amide bonds. The first-order valence-electron chi connectivity index (χ1n) is 10.5. The lowest BCUT2D eigenvalue weighted by Crippen LogP contribution is -2.45. The van der Waals surface area contributed by atoms with E-state index in [1.165, 1.54) is 0 Å². The van der Waals surface area contributed by atoms with Crippen molar-refractivity contribution >= 4 is 46.3 Å². The molecule has 2 aromatic carbocycles. The SMILES string of the molecule is O=C(Nc1ccc(Cl)cc1)c1nnc(C(=O)N2CCC[C@H](C(=O)NCc3ccccc3)C2)s1. The summed E-state index contributed by atoms with van der Waals surface area (Å²) in [5.41, 5.74) is 1.58. The topological polar surface area (TPSA) is 104 Å². The number of carbonyl (C=O) groups is 3. The summed E-state index contributed by atoms with van der Waals surface area (Å²) < 4.78 is 0. The van der Waals surface area contributed by atoms with E-state index in [0.717, 1.165) is 29.7 Å². The van der Waals surface area contributed by atoms with Gasteiger partial charge in [0.15, 0.2) is 0 Å². The monoisotopic (exact) mass is 483 g/mol. The number of hydrogen-bond donors (Lipinski definition) is 2. The molecule has 1 aromatic heterocycles. The highest BCUT2D eigenvalue weighted by Crippen LogP contribution is 2.21. The Balaban J connectivity index is 1.33. The second-order valence-electron chi connectivity index (χ2n) is 7.67. The lowest BCUT2D eigenvalue weighted by atomic mass is 9.97. The maximum Gasteiger partial charge on any atom is 0.286 e. The first-order chi connectivity index (χ1) is 16.0. The van der Waals surface area contributed by atoms with Crippen LogP contribution in [0.4, 0.5) is 5.69 Å². The van der Waals surface area contributed by atoms with E-state index >= 15 is 0 Å². The number of amides is 3. The molecule has 1 saturated heterocycles. The van der Waals surface area contributed by atoms with Gasteiger partial charge in [0.2, 0.25) is 15.9 Å². The van der Waals surface area contributed by atoms with Gasteiger partial charge >= 0.3 is 0 Å². The molecule has 4 rings (SSSR count). The van der Waals surface area contributed by atoms with Gasteiger partial charge in [-0.2, -0.15) is 0 Å². The number of likely N-dealkylation sites (tertiary alicyclic amines) is 1. The van der Waals surface area contributed by atoms with Crippen molar-refractivity contribution in [2.24, 2.45) is 5.92 Å². The summed E-state index contributed by atoms with van der Waals surface area (Å²) in [6, 6.07) is 16.3. The van der Waals surface area contributed by atoms with Crippen LogP contribution in [0.25, 0.3) is 0 Å². The first kappa shape index (κ1) is 22.9. The van der Waals surface area contributed by atoms with E-state index in [-0.39, 0.29) is 27.7 Å². The standard InChI is InChI=1S/C23H22ClN5O3S/c24-17-8-10-18(11-9-17)26-20(31)21-27-28-22(33-21)23(32)29-12-4-7-16(14-29)19(30)25-13-15-5-2-1-3-6-15/h1-3,5-6,8-11,16H,4,7,12-14H2,(H,25,30)(H,26,31)/t16-/m0/s1. The summed E-state index contributed by atoms with van der Waals surface area (Å²) in [5, 5.41) is 14.2. The molecule has 2 N–H and O–H groups in total. The summed E-state index contributed by atoms with van der Waals surface area (Å²) in [7, 11) is 0. The minimum Gasteiger partial charge on any atom is -0.352 e. The van der Waals surface area contributed by atoms with Crippen LogP contribution < -0.4 is 10.6 Å². The molecule has 8 nitrogen and oxygen atoms in total. The molecule has 0 bridgehead atoms. The molecule has 0 aliphatic carbocycles. The summed E-state index contributed by atoms with van der Waals surface area (Å²) in [4.78, 5) is 39.6. The van der Waals surface area contributed by atoms with Crippen molar-refractivity contribution in [1.82, 2.24) is 20.4 Å². The van der Waals surface area contributed by atoms with Gasteiger partial charge in [0.1, 0.15) is 0 Å². The Labute approximate surface area is 200 Å². The fourth-order valence-corrected chi connectivity index (χ4v) is 4.39. The van der Waals surface area contributed by atoms with E-state index in [4.69, 9.17) is 11.6 Å². The number of hydrogen-bond acceptors (Lipinski definition) is 6. The number of halogens is 1. The van der Waals surface area contributed by atoms with Crippen LogP contribution in [-0.2, 0) is 11.3 Å². The van der Waals surface area contributed by atoms with Crippen LogP contribution in [0.2, 0.25) is 5.02 Å². The molecule has 170 valence electrons. The van der Waals surface area contributed by atoms with E-state index < -0.39 is 5.91 Å². The van der Waals surface area contributed by atoms with Crippen LogP contribution in [0.3, 0.4) is 0 Å². The predicted octanol–water partition coefficient (Wildman–Crippen LogP) is 3.61. The number of nitrogens with zero attached hydrogens (tertiary/aromatic N) is 3. The van der Waals surface area contributed by atoms with Crippen LogP contribution in [0.5, 0.6) is 0 Å². The third kappa shape index (κ3) is 5.94. The average Bonchev–Trinajstić information content (AvgIpc) is 3.35. The normalized spacial score (nSPS) is 15.7. The molecule has 0 unspecified atom stereocenters. The molecular formula is C23H22ClN5O3S. The van der Waals surface area contributed by atoms with Crippen molar-refractivity contribution in [3.8, 4) is 0 Å². The molecule has 3 aromatic rings. The number of carbonyl (C=O) groups excluding carboxylic acids is 3. The Morgan fingerprint density at radius 1 is 1.03 bits per heavy atom. The number of benzene rings is 2. The van der Waals surface area contributed by atoms with E-state index in [1.54, 1.807) is 29.2 Å². The second kappa shape index (κ2) is 10.5. The largest absolute Gasteiger partial charge is 0.352 e. The second-order valence-corrected chi connectivity index (χ2v) is 9.08. The van der Waals surface area contributed by atoms with E-state index in [2.05, 4.69) is 20.8 Å². The molecule has 33 heavy (non-hydrogen) atoms. The van der Waals surface area contributed by atoms with Gasteiger partial charge in [-0.3, -0.25) is 14.4 Å². The highest BCUT2D eigenvalue weighted by Gasteiger charge is 2.30. The van der Waals surface area contributed by atoms with Crippen molar-refractivity contribution in [3.63, 3.8) is 0 Å². The molecule has 2 heterocycles. The van der Waals surface area contributed by atoms with Crippen molar-refractivity contribution < 1.29 is 14.4 Å². The van der Waals surface area contributed by atoms with Crippen molar-refractivity contribution in [1.29, 1.82) is 0 Å². The van der Waals surface area contributed by atoms with Gasteiger partial charge in [0, 0.05) is 30.3 Å². The van der Waals surface area contributed by atoms with Crippen LogP contribution in [0.15, 0.2) is 54.6 Å². The van der Waals surface area contributed by atoms with Gasteiger partial charge in [-0.1, -0.05) is 53.3 Å². The number of nitrogens with one attached hydrogen (secondary N) is 2. The minimum absolute atomic E-state index is 0.0725. The van der Waals surface area contributed by atoms with Crippen molar-refractivity contribution in [2.45, 2.75) is 19.4 Å². The Morgan fingerprint density at radius 3 is 2.52 bits per heavy atom. The maximum atomic E-state index is 12.9. The molecule has 10 heteroatoms. The van der Waals surface area contributed by atoms with Crippen LogP contribution >= 0.6 is 22.9 Å². The van der Waals surface area contributed by atoms with E-state index in [1.807, 2.05) is 30.3 Å². The van der Waals surface area contributed by atoms with Gasteiger partial charge in [-0.15, -0.1) is 10.2 Å². The van der Waals surface area contributed by atoms with E-state index in [9.17, 15) is 14.4 Å². The zero-order chi connectivity index (χ0) is 23.2. The van der Waals surface area contributed by atoms with E-state index in [0.29, 0.717) is 30.3 Å². The van der Waals surface area contributed by atoms with Crippen LogP contribution in [0, 0.1) is 5.92 Å².